The van der Waals surface area contributed by atoms with Crippen molar-refractivity contribution in [3.05, 3.63) is 120 Å². The van der Waals surface area contributed by atoms with Gasteiger partial charge in [0.05, 0.1) is 5.52 Å². The third-order valence-corrected chi connectivity index (χ3v) is 8.38. The van der Waals surface area contributed by atoms with Gasteiger partial charge in [0.25, 0.3) is 0 Å². The minimum Gasteiger partial charge on any atom is -0.354 e. The zero-order valence-electron chi connectivity index (χ0n) is 24.5. The Morgan fingerprint density at radius 1 is 0.425 bits per heavy atom. The van der Waals surface area contributed by atoms with Gasteiger partial charge in [-0.1, -0.05) is 133 Å². The smallest absolute Gasteiger partial charge is 0.0551 e. The molecule has 1 aromatic heterocycles. The molecule has 6 rings (SSSR count). The summed E-state index contributed by atoms with van der Waals surface area (Å²) in [6.45, 7) is 13.8. The molecule has 0 aliphatic heterocycles. The number of nitrogens with one attached hydrogen (secondary N) is 1. The Labute approximate surface area is 238 Å². The maximum Gasteiger partial charge on any atom is 0.0551 e. The van der Waals surface area contributed by atoms with Crippen molar-refractivity contribution in [1.82, 2.24) is 4.98 Å². The summed E-state index contributed by atoms with van der Waals surface area (Å²) in [5.74, 6) is 1.21. The van der Waals surface area contributed by atoms with Crippen LogP contribution in [0.4, 0.5) is 0 Å². The fraction of sp³-hybridized carbons (Fsp3) is 0.231. The second-order valence-corrected chi connectivity index (χ2v) is 12.0. The van der Waals surface area contributed by atoms with Crippen molar-refractivity contribution in [3.8, 4) is 33.4 Å². The van der Waals surface area contributed by atoms with E-state index in [4.69, 9.17) is 0 Å². The first-order valence-electron chi connectivity index (χ1n) is 14.7. The molecule has 0 saturated heterocycles. The van der Waals surface area contributed by atoms with Crippen LogP contribution in [0.1, 0.15) is 76.0 Å². The summed E-state index contributed by atoms with van der Waals surface area (Å²) >= 11 is 0. The van der Waals surface area contributed by atoms with Gasteiger partial charge in [0, 0.05) is 21.9 Å². The molecule has 0 aliphatic carbocycles. The molecule has 0 radical (unpaired) electrons. The predicted octanol–water partition coefficient (Wildman–Crippen LogP) is 11.7. The van der Waals surface area contributed by atoms with Crippen LogP contribution in [0.15, 0.2) is 103 Å². The van der Waals surface area contributed by atoms with Crippen molar-refractivity contribution in [2.24, 2.45) is 0 Å². The molecule has 0 spiro atoms. The number of para-hydroxylation sites is 1. The average Bonchev–Trinajstić information content (AvgIpc) is 3.34. The number of aromatic nitrogens is 1. The van der Waals surface area contributed by atoms with E-state index in [1.807, 2.05) is 0 Å². The Morgan fingerprint density at radius 3 is 1.45 bits per heavy atom. The fourth-order valence-electron chi connectivity index (χ4n) is 6.45. The molecule has 1 heterocycles. The monoisotopic (exact) mass is 521 g/mol. The van der Waals surface area contributed by atoms with E-state index in [2.05, 4.69) is 150 Å². The number of hydrogen-bond acceptors (Lipinski definition) is 0. The SMILES string of the molecule is CC(C)c1ccccc1-c1cc2c([nH]c3ccccc32)c(-c2ccccc2C(C)C)c1-c1ccccc1C(C)C. The van der Waals surface area contributed by atoms with E-state index in [0.29, 0.717) is 17.8 Å². The lowest BCUT2D eigenvalue weighted by Crippen LogP contribution is -2.01. The van der Waals surface area contributed by atoms with Crippen LogP contribution >= 0.6 is 0 Å². The first-order chi connectivity index (χ1) is 19.4. The summed E-state index contributed by atoms with van der Waals surface area (Å²) in [5, 5.41) is 2.55. The first kappa shape index (κ1) is 26.1. The van der Waals surface area contributed by atoms with Gasteiger partial charge in [-0.2, -0.15) is 0 Å². The maximum absolute atomic E-state index is 3.89. The van der Waals surface area contributed by atoms with Gasteiger partial charge in [-0.25, -0.2) is 0 Å². The van der Waals surface area contributed by atoms with Crippen LogP contribution < -0.4 is 0 Å². The largest absolute Gasteiger partial charge is 0.354 e. The van der Waals surface area contributed by atoms with Crippen LogP contribution in [0.5, 0.6) is 0 Å². The number of aromatic amines is 1. The number of H-pyrrole nitrogens is 1. The third kappa shape index (κ3) is 4.34. The van der Waals surface area contributed by atoms with Crippen LogP contribution in [0, 0.1) is 0 Å². The van der Waals surface area contributed by atoms with E-state index in [9.17, 15) is 0 Å². The van der Waals surface area contributed by atoms with E-state index in [0.717, 1.165) is 0 Å². The Hall–Kier alpha value is -4.10. The minimum absolute atomic E-state index is 0.399. The lowest BCUT2D eigenvalue weighted by atomic mass is 9.79. The number of hydrogen-bond donors (Lipinski definition) is 1. The zero-order chi connectivity index (χ0) is 28.0. The van der Waals surface area contributed by atoms with Crippen LogP contribution in [0.2, 0.25) is 0 Å². The predicted molar refractivity (Wildman–Crippen MR) is 174 cm³/mol. The summed E-state index contributed by atoms with van der Waals surface area (Å²) < 4.78 is 0. The van der Waals surface area contributed by atoms with Gasteiger partial charge in [-0.3, -0.25) is 0 Å². The molecule has 0 unspecified atom stereocenters. The topological polar surface area (TPSA) is 15.8 Å². The highest BCUT2D eigenvalue weighted by Crippen LogP contribution is 2.50. The molecular formula is C39H39N. The highest BCUT2D eigenvalue weighted by Gasteiger charge is 2.25. The highest BCUT2D eigenvalue weighted by atomic mass is 14.7. The van der Waals surface area contributed by atoms with E-state index < -0.39 is 0 Å². The van der Waals surface area contributed by atoms with Crippen LogP contribution in [0.3, 0.4) is 0 Å². The summed E-state index contributed by atoms with van der Waals surface area (Å²) in [4.78, 5) is 3.89. The average molecular weight is 522 g/mol. The quantitative estimate of drug-likeness (QED) is 0.224. The lowest BCUT2D eigenvalue weighted by molar-refractivity contribution is 0.866. The van der Waals surface area contributed by atoms with E-state index in [1.54, 1.807) is 0 Å². The second kappa shape index (κ2) is 10.5. The van der Waals surface area contributed by atoms with Gasteiger partial charge in [0.15, 0.2) is 0 Å². The molecule has 0 saturated carbocycles. The lowest BCUT2D eigenvalue weighted by Gasteiger charge is -2.25. The van der Waals surface area contributed by atoms with Crippen molar-refractivity contribution in [3.63, 3.8) is 0 Å². The Morgan fingerprint density at radius 2 is 0.875 bits per heavy atom. The van der Waals surface area contributed by atoms with Gasteiger partial charge in [0.2, 0.25) is 0 Å². The molecule has 0 atom stereocenters. The van der Waals surface area contributed by atoms with Gasteiger partial charge < -0.3 is 4.98 Å². The van der Waals surface area contributed by atoms with Gasteiger partial charge >= 0.3 is 0 Å². The Bertz CT molecular complexity index is 1830. The molecule has 6 aromatic rings. The van der Waals surface area contributed by atoms with Crippen LogP contribution in [0.25, 0.3) is 55.2 Å². The van der Waals surface area contributed by atoms with Crippen molar-refractivity contribution in [2.45, 2.75) is 59.3 Å². The molecule has 1 N–H and O–H groups in total. The van der Waals surface area contributed by atoms with Crippen LogP contribution in [-0.4, -0.2) is 4.98 Å². The summed E-state index contributed by atoms with van der Waals surface area (Å²) in [6, 6.07) is 38.3. The number of fused-ring (bicyclic) bond motifs is 3. The highest BCUT2D eigenvalue weighted by molar-refractivity contribution is 6.18. The van der Waals surface area contributed by atoms with Crippen molar-refractivity contribution < 1.29 is 0 Å². The van der Waals surface area contributed by atoms with Gasteiger partial charge in [0.1, 0.15) is 0 Å². The summed E-state index contributed by atoms with van der Waals surface area (Å²) in [6.07, 6.45) is 0. The molecule has 5 aromatic carbocycles. The molecule has 1 heteroatoms. The van der Waals surface area contributed by atoms with Crippen molar-refractivity contribution >= 4 is 21.8 Å². The van der Waals surface area contributed by atoms with E-state index in [-0.39, 0.29) is 0 Å². The van der Waals surface area contributed by atoms with Crippen LogP contribution in [-0.2, 0) is 0 Å². The normalized spacial score (nSPS) is 11.9. The Balaban J connectivity index is 1.90. The third-order valence-electron chi connectivity index (χ3n) is 8.38. The standard InChI is InChI=1S/C39H39N/c1-24(2)27-15-7-10-18-30(27)34-23-35-31-19-13-14-22-36(31)40-39(35)38(33-21-12-9-17-29(33)26(5)6)37(34)32-20-11-8-16-28(32)25(3)4/h7-26,40H,1-6H3. The minimum atomic E-state index is 0.399. The van der Waals surface area contributed by atoms with Crippen molar-refractivity contribution in [1.29, 1.82) is 0 Å². The van der Waals surface area contributed by atoms with Gasteiger partial charge in [-0.15, -0.1) is 0 Å². The zero-order valence-corrected chi connectivity index (χ0v) is 24.5. The molecule has 0 bridgehead atoms. The molecule has 0 amide bonds. The van der Waals surface area contributed by atoms with E-state index >= 15 is 0 Å². The Kier molecular flexibility index (Phi) is 6.84. The molecule has 0 fully saturated rings. The number of benzene rings is 5. The molecule has 1 nitrogen and oxygen atoms in total. The first-order valence-corrected chi connectivity index (χ1v) is 14.7. The van der Waals surface area contributed by atoms with Crippen molar-refractivity contribution in [2.75, 3.05) is 0 Å². The number of rotatable bonds is 6. The molecule has 0 aliphatic rings. The molecule has 200 valence electrons. The maximum atomic E-state index is 3.89. The summed E-state index contributed by atoms with van der Waals surface area (Å²) in [7, 11) is 0. The molecular weight excluding hydrogens is 482 g/mol. The second-order valence-electron chi connectivity index (χ2n) is 12.0. The summed E-state index contributed by atoms with van der Waals surface area (Å²) in [5.41, 5.74) is 14.4. The molecule has 40 heavy (non-hydrogen) atoms. The fourth-order valence-corrected chi connectivity index (χ4v) is 6.45. The van der Waals surface area contributed by atoms with E-state index in [1.165, 1.54) is 71.9 Å². The van der Waals surface area contributed by atoms with Gasteiger partial charge in [-0.05, 0) is 74.4 Å².